The van der Waals surface area contributed by atoms with E-state index in [-0.39, 0.29) is 35.5 Å². The Morgan fingerprint density at radius 1 is 0.859 bits per heavy atom. The first-order chi connectivity index (χ1) is 31.3. The molecular weight excluding hydrogens is 799 g/mol. The minimum absolute atomic E-state index is 0.105. The van der Waals surface area contributed by atoms with E-state index in [1.54, 1.807) is 18.2 Å². The molecule has 5 aromatic rings. The van der Waals surface area contributed by atoms with Crippen LogP contribution in [0.4, 0.5) is 0 Å². The van der Waals surface area contributed by atoms with E-state index in [4.69, 9.17) is 19.9 Å². The van der Waals surface area contributed by atoms with E-state index in [0.717, 1.165) is 91.3 Å². The van der Waals surface area contributed by atoms with Gasteiger partial charge in [0.1, 0.15) is 18.2 Å². The summed E-state index contributed by atoms with van der Waals surface area (Å²) < 4.78 is 22.0. The molecule has 2 aliphatic carbocycles. The highest BCUT2D eigenvalue weighted by Gasteiger charge is 2.55. The Bertz CT molecular complexity index is 2500. The van der Waals surface area contributed by atoms with Gasteiger partial charge in [-0.1, -0.05) is 86.7 Å². The predicted octanol–water partition coefficient (Wildman–Crippen LogP) is 10.1. The standard InChI is InChI=1S/C55H65N3O6/c56-52-22-17-39-34-63-46(10-4-2-1-3-9-37-13-18-44(59)19-14-37)30-45(60)20-15-38-16-21-50(61)51(27-38)64-35-41-29-42(28-40-32-58(33-47(40)41)53(39)57-52)55-25-26-62-36-43(55)31-54(23-7-8-24-54)48-11-5-6-12-49(48)55/h5-6,11-14,16-19,21-22,27-29,32-33,43,45-46,52,57,59-61H,1-4,7-10,15,20,23-26,30-31,34-36,56H2. The topological polar surface area (TPSA) is 131 Å². The molecule has 0 radical (unpaired) electrons. The molecule has 1 spiro atoms. The number of aromatic nitrogens is 1. The number of hydrogen-bond donors (Lipinski definition) is 5. The minimum Gasteiger partial charge on any atom is -0.508 e. The number of nitrogens with one attached hydrogen (secondary N) is 1. The quantitative estimate of drug-likeness (QED) is 0.0975. The highest BCUT2D eigenvalue weighted by Crippen LogP contribution is 2.60. The van der Waals surface area contributed by atoms with Gasteiger partial charge in [-0.05, 0) is 145 Å². The number of nitrogens with zero attached hydrogens (tertiary/aromatic N) is 1. The molecule has 5 atom stereocenters. The van der Waals surface area contributed by atoms with Gasteiger partial charge in [0.15, 0.2) is 11.5 Å². The molecule has 6 N–H and O–H groups in total. The van der Waals surface area contributed by atoms with Crippen molar-refractivity contribution in [3.05, 3.63) is 142 Å². The number of phenols is 2. The lowest BCUT2D eigenvalue weighted by atomic mass is 9.51. The largest absolute Gasteiger partial charge is 0.508 e. The molecule has 10 rings (SSSR count). The van der Waals surface area contributed by atoms with Crippen molar-refractivity contribution in [2.75, 3.05) is 19.8 Å². The van der Waals surface area contributed by atoms with Gasteiger partial charge >= 0.3 is 0 Å². The molecule has 4 bridgehead atoms. The van der Waals surface area contributed by atoms with Gasteiger partial charge in [0, 0.05) is 40.8 Å². The number of aromatic hydroxyl groups is 2. The Labute approximate surface area is 377 Å². The number of aliphatic hydroxyl groups is 1. The Morgan fingerprint density at radius 3 is 2.55 bits per heavy atom. The van der Waals surface area contributed by atoms with Crippen molar-refractivity contribution in [1.82, 2.24) is 9.88 Å². The molecule has 3 aliphatic heterocycles. The Morgan fingerprint density at radius 2 is 1.69 bits per heavy atom. The number of unbranched alkanes of at least 4 members (excludes halogenated alkanes) is 3. The van der Waals surface area contributed by atoms with E-state index in [2.05, 4.69) is 64.8 Å². The van der Waals surface area contributed by atoms with Crippen LogP contribution < -0.4 is 15.8 Å². The van der Waals surface area contributed by atoms with E-state index >= 15 is 0 Å². The molecule has 1 saturated carbocycles. The molecule has 4 heterocycles. The van der Waals surface area contributed by atoms with Crippen molar-refractivity contribution in [3.8, 4) is 17.2 Å². The van der Waals surface area contributed by atoms with Gasteiger partial charge in [-0.3, -0.25) is 0 Å². The van der Waals surface area contributed by atoms with Crippen LogP contribution in [-0.4, -0.2) is 58.1 Å². The van der Waals surface area contributed by atoms with Gasteiger partial charge in [0.2, 0.25) is 0 Å². The summed E-state index contributed by atoms with van der Waals surface area (Å²) in [4.78, 5) is 0. The molecule has 9 heteroatoms. The second-order valence-electron chi connectivity index (χ2n) is 19.5. The minimum atomic E-state index is -0.553. The van der Waals surface area contributed by atoms with Gasteiger partial charge in [0.25, 0.3) is 0 Å². The average molecular weight is 864 g/mol. The summed E-state index contributed by atoms with van der Waals surface area (Å²) in [6, 6.07) is 27.2. The Balaban J connectivity index is 1.00. The summed E-state index contributed by atoms with van der Waals surface area (Å²) in [5.41, 5.74) is 15.2. The van der Waals surface area contributed by atoms with Crippen LogP contribution in [-0.2, 0) is 39.8 Å². The van der Waals surface area contributed by atoms with Crippen LogP contribution in [0.25, 0.3) is 16.6 Å². The lowest BCUT2D eigenvalue weighted by Gasteiger charge is -2.54. The summed E-state index contributed by atoms with van der Waals surface area (Å²) in [6.07, 6.45) is 22.4. The summed E-state index contributed by atoms with van der Waals surface area (Å²) in [5.74, 6) is 2.08. The van der Waals surface area contributed by atoms with E-state index in [1.807, 2.05) is 30.3 Å². The van der Waals surface area contributed by atoms with E-state index in [0.29, 0.717) is 49.9 Å². The summed E-state index contributed by atoms with van der Waals surface area (Å²) in [6.45, 7) is 2.12. The second-order valence-corrected chi connectivity index (χ2v) is 19.5. The summed E-state index contributed by atoms with van der Waals surface area (Å²) in [5, 5.41) is 38.0. The van der Waals surface area contributed by atoms with Crippen molar-refractivity contribution in [3.63, 3.8) is 0 Å². The number of dihydropyridines is 1. The first-order valence-electron chi connectivity index (χ1n) is 24.1. The predicted molar refractivity (Wildman–Crippen MR) is 252 cm³/mol. The molecule has 336 valence electrons. The zero-order chi connectivity index (χ0) is 43.7. The maximum Gasteiger partial charge on any atom is 0.161 e. The van der Waals surface area contributed by atoms with Crippen LogP contribution in [0.3, 0.4) is 0 Å². The van der Waals surface area contributed by atoms with Crippen LogP contribution in [0, 0.1) is 5.92 Å². The first kappa shape index (κ1) is 42.9. The van der Waals surface area contributed by atoms with Crippen LogP contribution in [0.1, 0.15) is 117 Å². The summed E-state index contributed by atoms with van der Waals surface area (Å²) in [7, 11) is 0. The molecule has 9 nitrogen and oxygen atoms in total. The van der Waals surface area contributed by atoms with E-state index in [1.165, 1.54) is 47.9 Å². The second kappa shape index (κ2) is 18.4. The third-order valence-corrected chi connectivity index (χ3v) is 15.4. The fourth-order valence-electron chi connectivity index (χ4n) is 12.1. The summed E-state index contributed by atoms with van der Waals surface area (Å²) >= 11 is 0. The molecule has 2 fully saturated rings. The third kappa shape index (κ3) is 8.60. The first-order valence-corrected chi connectivity index (χ1v) is 24.1. The van der Waals surface area contributed by atoms with Crippen LogP contribution in [0.2, 0.25) is 0 Å². The number of aliphatic hydroxyl groups excluding tert-OH is 1. The average Bonchev–Trinajstić information content (AvgIpc) is 3.97. The van der Waals surface area contributed by atoms with Crippen LogP contribution >= 0.6 is 0 Å². The number of phenolic OH excluding ortho intramolecular Hbond substituents is 2. The van der Waals surface area contributed by atoms with Crippen LogP contribution in [0.15, 0.2) is 109 Å². The number of aryl methyl sites for hydroxylation is 2. The van der Waals surface area contributed by atoms with Crippen molar-refractivity contribution < 1.29 is 29.5 Å². The van der Waals surface area contributed by atoms with Crippen molar-refractivity contribution in [1.29, 1.82) is 0 Å². The van der Waals surface area contributed by atoms with Gasteiger partial charge in [0.05, 0.1) is 31.6 Å². The molecule has 5 unspecified atom stereocenters. The SMILES string of the molecule is NC1C=CC2=C(N1)n1cc3cc(C45CCOCC4CC4(CCCC4)c4ccccc45)cc(c3c1)COc1cc(ccc1O)CCC(O)CC(CCCCCCc1ccc(O)cc1)OC2. The molecule has 64 heavy (non-hydrogen) atoms. The highest BCUT2D eigenvalue weighted by molar-refractivity contribution is 5.88. The smallest absolute Gasteiger partial charge is 0.161 e. The van der Waals surface area contributed by atoms with Crippen LogP contribution in [0.5, 0.6) is 17.2 Å². The normalized spacial score (nSPS) is 25.5. The molecule has 5 aliphatic rings. The lowest BCUT2D eigenvalue weighted by Crippen LogP contribution is -2.51. The van der Waals surface area contributed by atoms with Gasteiger partial charge in [-0.25, -0.2) is 0 Å². The van der Waals surface area contributed by atoms with Gasteiger partial charge in [-0.15, -0.1) is 0 Å². The number of hydrogen-bond acceptors (Lipinski definition) is 8. The molecule has 1 aromatic heterocycles. The molecule has 1 saturated heterocycles. The number of fused-ring (bicyclic) bond motifs is 8. The number of benzene rings is 4. The molecular formula is C55H65N3O6. The monoisotopic (exact) mass is 863 g/mol. The Kier molecular flexibility index (Phi) is 12.3. The fraction of sp³-hybridized carbons (Fsp3) is 0.455. The third-order valence-electron chi connectivity index (χ3n) is 15.4. The van der Waals surface area contributed by atoms with E-state index in [9.17, 15) is 15.3 Å². The van der Waals surface area contributed by atoms with E-state index < -0.39 is 6.10 Å². The number of rotatable bonds is 8. The number of nitrogens with two attached hydrogens (primary N) is 1. The zero-order valence-electron chi connectivity index (χ0n) is 37.2. The Hall–Kier alpha value is -5.06. The van der Waals surface area contributed by atoms with Crippen molar-refractivity contribution in [2.24, 2.45) is 11.7 Å². The zero-order valence-corrected chi connectivity index (χ0v) is 37.2. The molecule has 4 aromatic carbocycles. The van der Waals surface area contributed by atoms with Gasteiger partial charge < -0.3 is 45.1 Å². The maximum atomic E-state index is 11.5. The molecule has 0 amide bonds. The highest BCUT2D eigenvalue weighted by atomic mass is 16.5. The maximum absolute atomic E-state index is 11.5. The van der Waals surface area contributed by atoms with Gasteiger partial charge in [-0.2, -0.15) is 0 Å². The van der Waals surface area contributed by atoms with Crippen molar-refractivity contribution in [2.45, 2.75) is 132 Å². The lowest BCUT2D eigenvalue weighted by molar-refractivity contribution is -0.00873. The van der Waals surface area contributed by atoms with Crippen molar-refractivity contribution >= 4 is 16.6 Å². The fourth-order valence-corrected chi connectivity index (χ4v) is 12.1. The number of ether oxygens (including phenoxy) is 3.